The molecule has 0 atom stereocenters. The Morgan fingerprint density at radius 3 is 2.70 bits per heavy atom. The van der Waals surface area contributed by atoms with E-state index in [-0.39, 0.29) is 7.33 Å². The first-order valence-corrected chi connectivity index (χ1v) is 3.20. The Morgan fingerprint density at radius 2 is 2.30 bits per heavy atom. The molecular weight excluding hydrogens is 128 g/mol. The summed E-state index contributed by atoms with van der Waals surface area (Å²) in [5.41, 5.74) is 0. The van der Waals surface area contributed by atoms with Crippen molar-refractivity contribution in [2.24, 2.45) is 0 Å². The van der Waals surface area contributed by atoms with Crippen molar-refractivity contribution in [1.82, 2.24) is 10.2 Å². The Hall–Kier alpha value is -0.830. The monoisotopic (exact) mass is 144 g/mol. The van der Waals surface area contributed by atoms with Crippen LogP contribution in [-0.2, 0) is 4.79 Å². The van der Waals surface area contributed by atoms with Gasteiger partial charge in [0.2, 0.25) is 5.91 Å². The van der Waals surface area contributed by atoms with Gasteiger partial charge in [-0.1, -0.05) is 6.08 Å². The van der Waals surface area contributed by atoms with Crippen molar-refractivity contribution in [1.29, 1.82) is 0 Å². The van der Waals surface area contributed by atoms with Gasteiger partial charge in [-0.15, -0.1) is 0 Å². The Morgan fingerprint density at radius 1 is 1.70 bits per heavy atom. The highest BCUT2D eigenvalue weighted by Gasteiger charge is 1.87. The summed E-state index contributed by atoms with van der Waals surface area (Å²) >= 11 is 0. The van der Waals surface area contributed by atoms with E-state index in [1.54, 1.807) is 7.05 Å². The lowest BCUT2D eigenvalue weighted by Crippen LogP contribution is -2.16. The summed E-state index contributed by atoms with van der Waals surface area (Å²) in [6, 6.07) is 0. The third-order valence-corrected chi connectivity index (χ3v) is 0.986. The van der Waals surface area contributed by atoms with Gasteiger partial charge in [0.15, 0.2) is 0 Å². The van der Waals surface area contributed by atoms with E-state index in [1.807, 2.05) is 25.1 Å². The minimum Gasteiger partial charge on any atom is -0.356 e. The van der Waals surface area contributed by atoms with E-state index in [2.05, 4.69) is 5.32 Å². The zero-order chi connectivity index (χ0) is 7.98. The van der Waals surface area contributed by atoms with Crippen molar-refractivity contribution in [2.75, 3.05) is 27.7 Å². The maximum Gasteiger partial charge on any atom is 0.243 e. The summed E-state index contributed by atoms with van der Waals surface area (Å²) < 4.78 is 0. The van der Waals surface area contributed by atoms with Crippen LogP contribution in [0.2, 0.25) is 0 Å². The van der Waals surface area contributed by atoms with Crippen LogP contribution in [0.3, 0.4) is 0 Å². The van der Waals surface area contributed by atoms with Gasteiger partial charge in [0.1, 0.15) is 0 Å². The molecular formula is C7H16N2O. The predicted octanol–water partition coefficient (Wildman–Crippen LogP) is 0.0962. The second-order valence-electron chi connectivity index (χ2n) is 2.28. The zero-order valence-corrected chi connectivity index (χ0v) is 6.72. The molecule has 0 saturated heterocycles. The van der Waals surface area contributed by atoms with Gasteiger partial charge in [-0.25, -0.2) is 0 Å². The van der Waals surface area contributed by atoms with Gasteiger partial charge in [0, 0.05) is 21.1 Å². The maximum atomic E-state index is 10.6. The molecule has 0 rings (SSSR count). The molecule has 1 N–H and O–H groups in total. The number of likely N-dealkylation sites (N-methyl/N-ethyl adjacent to an activating group) is 2. The van der Waals surface area contributed by atoms with Gasteiger partial charge in [-0.05, 0) is 14.1 Å². The third kappa shape index (κ3) is 5.31. The molecule has 0 radical (unpaired) electrons. The number of rotatable bonds is 3. The second-order valence-corrected chi connectivity index (χ2v) is 2.28. The van der Waals surface area contributed by atoms with Crippen molar-refractivity contribution >= 4 is 5.91 Å². The first-order valence-electron chi connectivity index (χ1n) is 3.20. The number of hydrogen-bond acceptors (Lipinski definition) is 2. The summed E-state index contributed by atoms with van der Waals surface area (Å²) in [7, 11) is 5.52. The van der Waals surface area contributed by atoms with E-state index in [4.69, 9.17) is 0 Å². The van der Waals surface area contributed by atoms with E-state index >= 15 is 0 Å². The Kier molecular flexibility index (Phi) is 4.58. The third-order valence-electron chi connectivity index (χ3n) is 0.986. The number of nitrogens with one attached hydrogen (secondary N) is 1. The van der Waals surface area contributed by atoms with E-state index in [9.17, 15) is 4.79 Å². The largest absolute Gasteiger partial charge is 0.356 e. The van der Waals surface area contributed by atoms with Crippen molar-refractivity contribution in [3.05, 3.63) is 12.2 Å². The molecule has 0 aromatic carbocycles. The van der Waals surface area contributed by atoms with Gasteiger partial charge in [0.25, 0.3) is 0 Å². The van der Waals surface area contributed by atoms with E-state index in [0.29, 0.717) is 0 Å². The Labute approximate surface area is 63.2 Å². The van der Waals surface area contributed by atoms with Crippen LogP contribution in [0.25, 0.3) is 0 Å². The van der Waals surface area contributed by atoms with Crippen LogP contribution in [0.15, 0.2) is 12.2 Å². The van der Waals surface area contributed by atoms with Gasteiger partial charge >= 0.3 is 0 Å². The predicted molar refractivity (Wildman–Crippen MR) is 43.9 cm³/mol. The lowest BCUT2D eigenvalue weighted by molar-refractivity contribution is -0.116. The lowest BCUT2D eigenvalue weighted by atomic mass is 10.4. The topological polar surface area (TPSA) is 32.3 Å². The average molecular weight is 144 g/mol. The van der Waals surface area contributed by atoms with Crippen molar-refractivity contribution < 1.29 is 6.22 Å². The van der Waals surface area contributed by atoms with Gasteiger partial charge in [-0.2, -0.15) is 0 Å². The Balaban J connectivity index is 0. The van der Waals surface area contributed by atoms with Crippen LogP contribution in [-0.4, -0.2) is 38.5 Å². The summed E-state index contributed by atoms with van der Waals surface area (Å²) in [4.78, 5) is 12.6. The molecule has 0 heterocycles. The van der Waals surface area contributed by atoms with E-state index < -0.39 is 0 Å². The molecule has 0 aromatic rings. The zero-order valence-electron chi connectivity index (χ0n) is 6.72. The van der Waals surface area contributed by atoms with Gasteiger partial charge < -0.3 is 10.2 Å². The van der Waals surface area contributed by atoms with Crippen LogP contribution in [0, 0.1) is 0 Å². The molecule has 0 bridgehead atoms. The first kappa shape index (κ1) is 9.17. The molecule has 0 aliphatic rings. The minimum atomic E-state index is -0.0538. The summed E-state index contributed by atoms with van der Waals surface area (Å²) in [5, 5.41) is 2.49. The van der Waals surface area contributed by atoms with E-state index in [1.165, 1.54) is 6.08 Å². The quantitative estimate of drug-likeness (QED) is 0.570. The fraction of sp³-hybridized carbons (Fsp3) is 0.571. The Bertz CT molecular complexity index is 134. The molecule has 60 valence electrons. The minimum absolute atomic E-state index is 0. The van der Waals surface area contributed by atoms with Crippen molar-refractivity contribution in [2.45, 2.75) is 0 Å². The SMILES string of the molecule is CNC(=O)/C=C/CN(C)C.[HH]. The average Bonchev–Trinajstić information content (AvgIpc) is 1.87. The highest BCUT2D eigenvalue weighted by Crippen LogP contribution is 1.76. The maximum absolute atomic E-state index is 10.6. The molecule has 0 fully saturated rings. The molecule has 3 heteroatoms. The van der Waals surface area contributed by atoms with Crippen LogP contribution in [0.4, 0.5) is 0 Å². The molecule has 0 aromatic heterocycles. The molecule has 0 aliphatic heterocycles. The van der Waals surface area contributed by atoms with Crippen LogP contribution < -0.4 is 5.32 Å². The van der Waals surface area contributed by atoms with Gasteiger partial charge in [0.05, 0.1) is 0 Å². The molecule has 0 aliphatic carbocycles. The molecule has 0 spiro atoms. The number of amides is 1. The summed E-state index contributed by atoms with van der Waals surface area (Å²) in [6.07, 6.45) is 3.35. The normalized spacial score (nSPS) is 10.8. The fourth-order valence-corrected chi connectivity index (χ4v) is 0.454. The first-order chi connectivity index (χ1) is 4.66. The highest BCUT2D eigenvalue weighted by molar-refractivity contribution is 5.87. The molecule has 3 nitrogen and oxygen atoms in total. The fourth-order valence-electron chi connectivity index (χ4n) is 0.454. The standard InChI is InChI=1S/C7H14N2O.H2/c1-8-7(10)5-4-6-9(2)3;/h4-5H,6H2,1-3H3,(H,8,10);1H/b5-4+;. The summed E-state index contributed by atoms with van der Waals surface area (Å²) in [6.45, 7) is 0.799. The summed E-state index contributed by atoms with van der Waals surface area (Å²) in [5.74, 6) is -0.0538. The number of carbonyl (C=O) groups is 1. The van der Waals surface area contributed by atoms with Gasteiger partial charge in [-0.3, -0.25) is 4.79 Å². The molecule has 0 saturated carbocycles. The van der Waals surface area contributed by atoms with Crippen molar-refractivity contribution in [3.8, 4) is 0 Å². The molecule has 10 heavy (non-hydrogen) atoms. The number of carbonyl (C=O) groups excluding carboxylic acids is 1. The smallest absolute Gasteiger partial charge is 0.243 e. The van der Waals surface area contributed by atoms with Crippen LogP contribution in [0.1, 0.15) is 1.43 Å². The van der Waals surface area contributed by atoms with E-state index in [0.717, 1.165) is 6.54 Å². The highest BCUT2D eigenvalue weighted by atomic mass is 16.1. The van der Waals surface area contributed by atoms with Crippen molar-refractivity contribution in [3.63, 3.8) is 0 Å². The number of hydrogen-bond donors (Lipinski definition) is 1. The van der Waals surface area contributed by atoms with Crippen LogP contribution in [0.5, 0.6) is 0 Å². The second kappa shape index (κ2) is 4.99. The lowest BCUT2D eigenvalue weighted by Gasteiger charge is -2.02. The molecule has 0 unspecified atom stereocenters. The number of nitrogens with zero attached hydrogens (tertiary/aromatic N) is 1. The van der Waals surface area contributed by atoms with Crippen LogP contribution >= 0.6 is 0 Å². The molecule has 1 amide bonds.